The highest BCUT2D eigenvalue weighted by atomic mass is 79.9. The molecule has 4 nitrogen and oxygen atoms in total. The Kier molecular flexibility index (Phi) is 5.17. The lowest BCUT2D eigenvalue weighted by Gasteiger charge is -2.14. The minimum absolute atomic E-state index is 0.757. The smallest absolute Gasteiger partial charge is 0.139 e. The van der Waals surface area contributed by atoms with Crippen molar-refractivity contribution in [3.63, 3.8) is 0 Å². The van der Waals surface area contributed by atoms with Crippen molar-refractivity contribution in [3.8, 4) is 0 Å². The second-order valence-electron chi connectivity index (χ2n) is 5.11. The molecule has 5 heteroatoms. The maximum absolute atomic E-state index is 4.51. The van der Waals surface area contributed by atoms with Crippen LogP contribution in [0, 0.1) is 20.8 Å². The first kappa shape index (κ1) is 15.8. The van der Waals surface area contributed by atoms with Crippen molar-refractivity contribution in [2.75, 3.05) is 17.2 Å². The van der Waals surface area contributed by atoms with Crippen LogP contribution >= 0.6 is 15.9 Å². The van der Waals surface area contributed by atoms with Crippen LogP contribution in [0.15, 0.2) is 22.7 Å². The van der Waals surface area contributed by atoms with Gasteiger partial charge in [0.15, 0.2) is 0 Å². The standard InChI is InChI=1S/C16H21BrN4/c1-5-8-18-15-11(3)16(20-12(4)19-15)21-13-7-6-10(2)14(17)9-13/h6-7,9H,5,8H2,1-4H3,(H2,18,19,20,21). The van der Waals surface area contributed by atoms with Gasteiger partial charge in [0.1, 0.15) is 17.5 Å². The van der Waals surface area contributed by atoms with Gasteiger partial charge in [0.05, 0.1) is 0 Å². The average molecular weight is 349 g/mol. The fourth-order valence-corrected chi connectivity index (χ4v) is 2.35. The Balaban J connectivity index is 2.30. The van der Waals surface area contributed by atoms with Crippen LogP contribution in [-0.4, -0.2) is 16.5 Å². The van der Waals surface area contributed by atoms with E-state index in [4.69, 9.17) is 0 Å². The molecule has 1 aromatic carbocycles. The van der Waals surface area contributed by atoms with Crippen LogP contribution in [-0.2, 0) is 0 Å². The molecule has 0 spiro atoms. The Morgan fingerprint density at radius 1 is 1.10 bits per heavy atom. The lowest BCUT2D eigenvalue weighted by atomic mass is 10.2. The quantitative estimate of drug-likeness (QED) is 0.819. The first-order valence-electron chi connectivity index (χ1n) is 7.13. The number of benzene rings is 1. The molecule has 112 valence electrons. The van der Waals surface area contributed by atoms with Gasteiger partial charge >= 0.3 is 0 Å². The van der Waals surface area contributed by atoms with Crippen molar-refractivity contribution in [1.29, 1.82) is 0 Å². The number of nitrogens with zero attached hydrogens (tertiary/aromatic N) is 2. The van der Waals surface area contributed by atoms with Crippen LogP contribution in [0.4, 0.5) is 17.3 Å². The molecule has 2 N–H and O–H groups in total. The largest absolute Gasteiger partial charge is 0.370 e. The van der Waals surface area contributed by atoms with Crippen LogP contribution in [0.3, 0.4) is 0 Å². The Hall–Kier alpha value is -1.62. The Morgan fingerprint density at radius 3 is 2.48 bits per heavy atom. The molecule has 0 aliphatic carbocycles. The number of hydrogen-bond donors (Lipinski definition) is 2. The SMILES string of the molecule is CCCNc1nc(C)nc(Nc2ccc(C)c(Br)c2)c1C. The van der Waals surface area contributed by atoms with E-state index in [1.807, 2.05) is 13.8 Å². The van der Waals surface area contributed by atoms with E-state index in [0.717, 1.165) is 46.1 Å². The van der Waals surface area contributed by atoms with E-state index in [1.54, 1.807) is 0 Å². The summed E-state index contributed by atoms with van der Waals surface area (Å²) in [6.45, 7) is 9.06. The van der Waals surface area contributed by atoms with Crippen molar-refractivity contribution in [1.82, 2.24) is 9.97 Å². The van der Waals surface area contributed by atoms with E-state index in [2.05, 4.69) is 68.6 Å². The van der Waals surface area contributed by atoms with E-state index in [1.165, 1.54) is 5.56 Å². The third-order valence-corrected chi connectivity index (χ3v) is 4.09. The molecule has 0 unspecified atom stereocenters. The van der Waals surface area contributed by atoms with Crippen molar-refractivity contribution in [3.05, 3.63) is 39.6 Å². The second-order valence-corrected chi connectivity index (χ2v) is 5.96. The summed E-state index contributed by atoms with van der Waals surface area (Å²) >= 11 is 3.56. The summed E-state index contributed by atoms with van der Waals surface area (Å²) in [7, 11) is 0. The van der Waals surface area contributed by atoms with Gasteiger partial charge in [-0.05, 0) is 44.9 Å². The van der Waals surface area contributed by atoms with Crippen LogP contribution in [0.25, 0.3) is 0 Å². The second kappa shape index (κ2) is 6.89. The molecule has 2 rings (SSSR count). The zero-order valence-corrected chi connectivity index (χ0v) is 14.5. The highest BCUT2D eigenvalue weighted by molar-refractivity contribution is 9.10. The van der Waals surface area contributed by atoms with Crippen molar-refractivity contribution in [2.45, 2.75) is 34.1 Å². The van der Waals surface area contributed by atoms with Gasteiger partial charge in [-0.1, -0.05) is 28.9 Å². The summed E-state index contributed by atoms with van der Waals surface area (Å²) in [6, 6.07) is 6.19. The van der Waals surface area contributed by atoms with Crippen molar-refractivity contribution < 1.29 is 0 Å². The maximum Gasteiger partial charge on any atom is 0.139 e. The molecule has 0 aliphatic rings. The minimum Gasteiger partial charge on any atom is -0.370 e. The van der Waals surface area contributed by atoms with E-state index in [0.29, 0.717) is 0 Å². The summed E-state index contributed by atoms with van der Waals surface area (Å²) in [6.07, 6.45) is 1.07. The Bertz CT molecular complexity index is 640. The molecule has 2 aromatic rings. The lowest BCUT2D eigenvalue weighted by molar-refractivity contribution is 0.948. The molecular formula is C16H21BrN4. The maximum atomic E-state index is 4.51. The fourth-order valence-electron chi connectivity index (χ4n) is 1.97. The number of anilines is 3. The number of halogens is 1. The molecule has 0 atom stereocenters. The first-order chi connectivity index (χ1) is 10.0. The van der Waals surface area contributed by atoms with Crippen LogP contribution in [0.1, 0.15) is 30.3 Å². The molecule has 21 heavy (non-hydrogen) atoms. The molecule has 0 aliphatic heterocycles. The average Bonchev–Trinajstić information content (AvgIpc) is 2.45. The Labute approximate surface area is 134 Å². The van der Waals surface area contributed by atoms with Crippen LogP contribution < -0.4 is 10.6 Å². The fraction of sp³-hybridized carbons (Fsp3) is 0.375. The molecule has 0 amide bonds. The van der Waals surface area contributed by atoms with Gasteiger partial charge in [0.2, 0.25) is 0 Å². The molecule has 0 saturated heterocycles. The van der Waals surface area contributed by atoms with Gasteiger partial charge in [-0.15, -0.1) is 0 Å². The predicted octanol–water partition coefficient (Wildman–Crippen LogP) is 4.73. The summed E-state index contributed by atoms with van der Waals surface area (Å²) in [5.41, 5.74) is 3.25. The highest BCUT2D eigenvalue weighted by Gasteiger charge is 2.09. The van der Waals surface area contributed by atoms with Crippen molar-refractivity contribution >= 4 is 33.3 Å². The number of nitrogens with one attached hydrogen (secondary N) is 2. The normalized spacial score (nSPS) is 10.5. The molecule has 1 aromatic heterocycles. The number of hydrogen-bond acceptors (Lipinski definition) is 4. The van der Waals surface area contributed by atoms with Gasteiger partial charge < -0.3 is 10.6 Å². The summed E-state index contributed by atoms with van der Waals surface area (Å²) in [5, 5.41) is 6.73. The van der Waals surface area contributed by atoms with Crippen LogP contribution in [0.2, 0.25) is 0 Å². The molecular weight excluding hydrogens is 328 g/mol. The monoisotopic (exact) mass is 348 g/mol. The van der Waals surface area contributed by atoms with E-state index >= 15 is 0 Å². The lowest BCUT2D eigenvalue weighted by Crippen LogP contribution is -2.08. The molecule has 1 heterocycles. The topological polar surface area (TPSA) is 49.8 Å². The van der Waals surface area contributed by atoms with Gasteiger partial charge in [-0.25, -0.2) is 9.97 Å². The molecule has 0 fully saturated rings. The zero-order chi connectivity index (χ0) is 15.4. The third-order valence-electron chi connectivity index (χ3n) is 3.23. The Morgan fingerprint density at radius 2 is 1.81 bits per heavy atom. The number of aromatic nitrogens is 2. The predicted molar refractivity (Wildman–Crippen MR) is 92.4 cm³/mol. The van der Waals surface area contributed by atoms with Gasteiger partial charge in [0.25, 0.3) is 0 Å². The van der Waals surface area contributed by atoms with Gasteiger partial charge in [-0.2, -0.15) is 0 Å². The zero-order valence-electron chi connectivity index (χ0n) is 12.9. The van der Waals surface area contributed by atoms with Gasteiger partial charge in [-0.3, -0.25) is 0 Å². The molecule has 0 bridgehead atoms. The summed E-state index contributed by atoms with van der Waals surface area (Å²) in [4.78, 5) is 8.98. The van der Waals surface area contributed by atoms with Crippen molar-refractivity contribution in [2.24, 2.45) is 0 Å². The molecule has 0 saturated carbocycles. The number of rotatable bonds is 5. The van der Waals surface area contributed by atoms with Gasteiger partial charge in [0, 0.05) is 22.3 Å². The summed E-state index contributed by atoms with van der Waals surface area (Å²) < 4.78 is 1.08. The molecule has 0 radical (unpaired) electrons. The minimum atomic E-state index is 0.757. The van der Waals surface area contributed by atoms with Crippen LogP contribution in [0.5, 0.6) is 0 Å². The number of aryl methyl sites for hydroxylation is 2. The highest BCUT2D eigenvalue weighted by Crippen LogP contribution is 2.26. The first-order valence-corrected chi connectivity index (χ1v) is 7.93. The third kappa shape index (κ3) is 3.94. The summed E-state index contributed by atoms with van der Waals surface area (Å²) in [5.74, 6) is 2.50. The van der Waals surface area contributed by atoms with E-state index in [-0.39, 0.29) is 0 Å². The van der Waals surface area contributed by atoms with E-state index in [9.17, 15) is 0 Å². The van der Waals surface area contributed by atoms with E-state index < -0.39 is 0 Å².